The van der Waals surface area contributed by atoms with Gasteiger partial charge in [-0.25, -0.2) is 9.37 Å². The topological polar surface area (TPSA) is 55.2 Å². The van der Waals surface area contributed by atoms with Crippen LogP contribution < -0.4 is 5.56 Å². The van der Waals surface area contributed by atoms with E-state index in [0.717, 1.165) is 16.7 Å². The van der Waals surface area contributed by atoms with Gasteiger partial charge in [0.1, 0.15) is 17.2 Å². The van der Waals surface area contributed by atoms with Crippen molar-refractivity contribution in [3.8, 4) is 11.1 Å². The molecule has 31 heavy (non-hydrogen) atoms. The second-order valence-corrected chi connectivity index (χ2v) is 8.54. The third kappa shape index (κ3) is 4.24. The van der Waals surface area contributed by atoms with Crippen molar-refractivity contribution < 1.29 is 9.18 Å². The molecule has 8 heteroatoms. The molecular formula is C23H19ClFN3O2S. The first-order chi connectivity index (χ1) is 14.8. The minimum Gasteiger partial charge on any atom is -0.337 e. The first kappa shape index (κ1) is 21.2. The molecule has 2 aromatic carbocycles. The van der Waals surface area contributed by atoms with Gasteiger partial charge in [0, 0.05) is 23.0 Å². The van der Waals surface area contributed by atoms with Crippen molar-refractivity contribution in [3.05, 3.63) is 87.0 Å². The average Bonchev–Trinajstić information content (AvgIpc) is 3.20. The van der Waals surface area contributed by atoms with E-state index in [2.05, 4.69) is 4.98 Å². The zero-order valence-electron chi connectivity index (χ0n) is 16.9. The van der Waals surface area contributed by atoms with E-state index in [9.17, 15) is 14.0 Å². The van der Waals surface area contributed by atoms with Gasteiger partial charge in [-0.2, -0.15) is 0 Å². The molecular weight excluding hydrogens is 437 g/mol. The molecule has 0 saturated carbocycles. The van der Waals surface area contributed by atoms with Crippen molar-refractivity contribution in [1.29, 1.82) is 0 Å². The van der Waals surface area contributed by atoms with Crippen molar-refractivity contribution in [3.63, 3.8) is 0 Å². The van der Waals surface area contributed by atoms with E-state index in [1.807, 2.05) is 24.4 Å². The fourth-order valence-corrected chi connectivity index (χ4v) is 4.39. The van der Waals surface area contributed by atoms with Crippen LogP contribution in [0.5, 0.6) is 0 Å². The SMILES string of the molecule is CC(c1ccc(F)cc1)N(C)C(=O)Cn1cnc2scc(-c3ccc(Cl)cc3)c2c1=O. The van der Waals surface area contributed by atoms with Gasteiger partial charge in [-0.3, -0.25) is 14.2 Å². The molecule has 2 aromatic heterocycles. The summed E-state index contributed by atoms with van der Waals surface area (Å²) in [6.45, 7) is 1.71. The van der Waals surface area contributed by atoms with Gasteiger partial charge in [-0.05, 0) is 42.3 Å². The predicted octanol–water partition coefficient (Wildman–Crippen LogP) is 5.14. The number of carbonyl (C=O) groups is 1. The Labute approximate surface area is 187 Å². The van der Waals surface area contributed by atoms with Crippen LogP contribution in [0.1, 0.15) is 18.5 Å². The van der Waals surface area contributed by atoms with Crippen molar-refractivity contribution in [2.45, 2.75) is 19.5 Å². The summed E-state index contributed by atoms with van der Waals surface area (Å²) in [6, 6.07) is 13.0. The molecule has 5 nitrogen and oxygen atoms in total. The zero-order valence-corrected chi connectivity index (χ0v) is 18.5. The fourth-order valence-electron chi connectivity index (χ4n) is 3.36. The highest BCUT2D eigenvalue weighted by Gasteiger charge is 2.20. The van der Waals surface area contributed by atoms with Crippen LogP contribution in [0.15, 0.2) is 65.0 Å². The summed E-state index contributed by atoms with van der Waals surface area (Å²) in [5.41, 5.74) is 2.16. The Hall–Kier alpha value is -3.03. The Kier molecular flexibility index (Phi) is 5.89. The van der Waals surface area contributed by atoms with Crippen molar-refractivity contribution in [1.82, 2.24) is 14.5 Å². The Morgan fingerprint density at radius 2 is 1.87 bits per heavy atom. The lowest BCUT2D eigenvalue weighted by molar-refractivity contribution is -0.132. The second kappa shape index (κ2) is 8.61. The fraction of sp³-hybridized carbons (Fsp3) is 0.174. The predicted molar refractivity (Wildman–Crippen MR) is 122 cm³/mol. The minimum atomic E-state index is -0.330. The number of likely N-dealkylation sites (N-methyl/N-ethyl adjacent to an activating group) is 1. The number of amides is 1. The van der Waals surface area contributed by atoms with Gasteiger partial charge in [-0.1, -0.05) is 35.9 Å². The van der Waals surface area contributed by atoms with Crippen LogP contribution >= 0.6 is 22.9 Å². The molecule has 1 atom stereocenters. The average molecular weight is 456 g/mol. The Morgan fingerprint density at radius 3 is 2.55 bits per heavy atom. The van der Waals surface area contributed by atoms with Crippen LogP contribution in [0.3, 0.4) is 0 Å². The standard InChI is InChI=1S/C23H19ClFN3O2S/c1-14(15-5-9-18(25)10-6-15)27(2)20(29)11-28-13-26-22-21(23(28)30)19(12-31-22)16-3-7-17(24)8-4-16/h3-10,12-14H,11H2,1-2H3. The lowest BCUT2D eigenvalue weighted by Gasteiger charge is -2.25. The Balaban J connectivity index is 1.62. The van der Waals surface area contributed by atoms with E-state index in [4.69, 9.17) is 11.6 Å². The molecule has 0 aliphatic carbocycles. The van der Waals surface area contributed by atoms with Crippen LogP contribution in [0.25, 0.3) is 21.3 Å². The molecule has 158 valence electrons. The van der Waals surface area contributed by atoms with Gasteiger partial charge in [0.2, 0.25) is 5.91 Å². The smallest absolute Gasteiger partial charge is 0.263 e. The quantitative estimate of drug-likeness (QED) is 0.419. The van der Waals surface area contributed by atoms with Gasteiger partial charge in [-0.15, -0.1) is 11.3 Å². The first-order valence-corrected chi connectivity index (χ1v) is 10.8. The van der Waals surface area contributed by atoms with E-state index in [1.165, 1.54) is 39.3 Å². The summed E-state index contributed by atoms with van der Waals surface area (Å²) in [5.74, 6) is -0.577. The molecule has 0 aliphatic heterocycles. The van der Waals surface area contributed by atoms with Crippen LogP contribution in [-0.4, -0.2) is 27.4 Å². The Bertz CT molecular complexity index is 1300. The molecule has 1 amide bonds. The van der Waals surface area contributed by atoms with E-state index >= 15 is 0 Å². The molecule has 0 bridgehead atoms. The number of benzene rings is 2. The third-order valence-electron chi connectivity index (χ3n) is 5.35. The normalized spacial score (nSPS) is 12.1. The van der Waals surface area contributed by atoms with E-state index in [0.29, 0.717) is 15.2 Å². The van der Waals surface area contributed by atoms with Gasteiger partial charge < -0.3 is 4.90 Å². The summed E-state index contributed by atoms with van der Waals surface area (Å²) in [4.78, 5) is 32.6. The van der Waals surface area contributed by atoms with Crippen molar-refractivity contribution >= 4 is 39.1 Å². The number of fused-ring (bicyclic) bond motifs is 1. The highest BCUT2D eigenvalue weighted by Crippen LogP contribution is 2.31. The molecule has 0 fully saturated rings. The van der Waals surface area contributed by atoms with Crippen LogP contribution in [0.4, 0.5) is 4.39 Å². The van der Waals surface area contributed by atoms with E-state index in [1.54, 1.807) is 31.3 Å². The number of hydrogen-bond donors (Lipinski definition) is 0. The summed E-state index contributed by atoms with van der Waals surface area (Å²) in [7, 11) is 1.66. The highest BCUT2D eigenvalue weighted by molar-refractivity contribution is 7.17. The number of halogens is 2. The van der Waals surface area contributed by atoms with Crippen molar-refractivity contribution in [2.24, 2.45) is 0 Å². The second-order valence-electron chi connectivity index (χ2n) is 7.25. The van der Waals surface area contributed by atoms with Crippen LogP contribution in [0.2, 0.25) is 5.02 Å². The summed E-state index contributed by atoms with van der Waals surface area (Å²) >= 11 is 7.36. The maximum atomic E-state index is 13.2. The summed E-state index contributed by atoms with van der Waals surface area (Å²) < 4.78 is 14.5. The molecule has 0 spiro atoms. The van der Waals surface area contributed by atoms with Gasteiger partial charge in [0.05, 0.1) is 17.8 Å². The largest absolute Gasteiger partial charge is 0.337 e. The summed E-state index contributed by atoms with van der Waals surface area (Å²) in [5, 5.41) is 2.98. The molecule has 2 heterocycles. The minimum absolute atomic E-state index is 0.139. The molecule has 4 aromatic rings. The van der Waals surface area contributed by atoms with Gasteiger partial charge >= 0.3 is 0 Å². The first-order valence-electron chi connectivity index (χ1n) is 9.59. The Morgan fingerprint density at radius 1 is 1.19 bits per heavy atom. The zero-order chi connectivity index (χ0) is 22.1. The van der Waals surface area contributed by atoms with E-state index < -0.39 is 0 Å². The lowest BCUT2D eigenvalue weighted by Crippen LogP contribution is -2.35. The molecule has 0 N–H and O–H groups in total. The van der Waals surface area contributed by atoms with E-state index in [-0.39, 0.29) is 29.9 Å². The van der Waals surface area contributed by atoms with Crippen molar-refractivity contribution in [2.75, 3.05) is 7.05 Å². The number of thiophene rings is 1. The van der Waals surface area contributed by atoms with Gasteiger partial charge in [0.25, 0.3) is 5.56 Å². The number of rotatable bonds is 5. The maximum absolute atomic E-state index is 13.2. The number of aromatic nitrogens is 2. The summed E-state index contributed by atoms with van der Waals surface area (Å²) in [6.07, 6.45) is 1.40. The molecule has 1 unspecified atom stereocenters. The monoisotopic (exact) mass is 455 g/mol. The molecule has 0 aliphatic rings. The number of nitrogens with zero attached hydrogens (tertiary/aromatic N) is 3. The maximum Gasteiger partial charge on any atom is 0.263 e. The van der Waals surface area contributed by atoms with Gasteiger partial charge in [0.15, 0.2) is 0 Å². The third-order valence-corrected chi connectivity index (χ3v) is 6.49. The number of carbonyl (C=O) groups excluding carboxylic acids is 1. The van der Waals surface area contributed by atoms with Crippen LogP contribution in [-0.2, 0) is 11.3 Å². The van der Waals surface area contributed by atoms with Crippen LogP contribution in [0, 0.1) is 5.82 Å². The molecule has 0 radical (unpaired) electrons. The number of hydrogen-bond acceptors (Lipinski definition) is 4. The molecule has 4 rings (SSSR count). The molecule has 0 saturated heterocycles. The highest BCUT2D eigenvalue weighted by atomic mass is 35.5. The lowest BCUT2D eigenvalue weighted by atomic mass is 10.1.